The minimum atomic E-state index is -0.145. The molecule has 31 heavy (non-hydrogen) atoms. The summed E-state index contributed by atoms with van der Waals surface area (Å²) in [6.07, 6.45) is 4.11. The lowest BCUT2D eigenvalue weighted by molar-refractivity contribution is 0.0952. The topological polar surface area (TPSA) is 99.6 Å². The zero-order valence-corrected chi connectivity index (χ0v) is 17.9. The molecular formula is C23H27N5O3. The molecule has 1 amide bonds. The van der Waals surface area contributed by atoms with E-state index in [9.17, 15) is 9.90 Å². The number of hydrogen-bond acceptors (Lipinski definition) is 7. The number of carbonyl (C=O) groups excluding carboxylic acids is 1. The van der Waals surface area contributed by atoms with Gasteiger partial charge < -0.3 is 25.4 Å². The molecule has 0 radical (unpaired) electrons. The summed E-state index contributed by atoms with van der Waals surface area (Å²) in [5, 5.41) is 15.6. The SMILES string of the molecule is COc1ccc(C(=O)NCCCN(C)C)cc1Nc1cncc(-c2ccc(O)cc2)n1. The molecule has 1 aromatic heterocycles. The lowest BCUT2D eigenvalue weighted by atomic mass is 10.1. The number of phenols is 1. The molecule has 0 aliphatic rings. The van der Waals surface area contributed by atoms with Crippen molar-refractivity contribution in [1.82, 2.24) is 20.2 Å². The van der Waals surface area contributed by atoms with Gasteiger partial charge in [-0.05, 0) is 69.5 Å². The van der Waals surface area contributed by atoms with E-state index < -0.39 is 0 Å². The quantitative estimate of drug-likeness (QED) is 0.456. The Bertz CT molecular complexity index is 1020. The van der Waals surface area contributed by atoms with Gasteiger partial charge in [0.25, 0.3) is 5.91 Å². The maximum atomic E-state index is 12.5. The number of rotatable bonds is 9. The number of benzene rings is 2. The summed E-state index contributed by atoms with van der Waals surface area (Å²) in [5.74, 6) is 1.13. The maximum absolute atomic E-state index is 12.5. The molecule has 3 rings (SSSR count). The van der Waals surface area contributed by atoms with Gasteiger partial charge in [0, 0.05) is 17.7 Å². The Balaban J connectivity index is 1.76. The van der Waals surface area contributed by atoms with Crippen LogP contribution >= 0.6 is 0 Å². The van der Waals surface area contributed by atoms with Gasteiger partial charge >= 0.3 is 0 Å². The van der Waals surface area contributed by atoms with E-state index in [0.29, 0.717) is 35.1 Å². The summed E-state index contributed by atoms with van der Waals surface area (Å²) in [4.78, 5) is 23.4. The van der Waals surface area contributed by atoms with Crippen LogP contribution in [0.1, 0.15) is 16.8 Å². The minimum absolute atomic E-state index is 0.145. The van der Waals surface area contributed by atoms with Crippen LogP contribution in [0.3, 0.4) is 0 Å². The zero-order valence-electron chi connectivity index (χ0n) is 17.9. The number of phenolic OH excluding ortho intramolecular Hbond substituents is 1. The van der Waals surface area contributed by atoms with Crippen LogP contribution in [0.15, 0.2) is 54.9 Å². The number of aromatic hydroxyl groups is 1. The Morgan fingerprint density at radius 3 is 2.61 bits per heavy atom. The summed E-state index contributed by atoms with van der Waals surface area (Å²) in [5.41, 5.74) is 2.61. The van der Waals surface area contributed by atoms with Gasteiger partial charge in [-0.2, -0.15) is 0 Å². The standard InChI is InChI=1S/C23H27N5O3/c1-28(2)12-4-11-25-23(30)17-7-10-21(31-3)19(13-17)26-22-15-24-14-20(27-22)16-5-8-18(29)9-6-16/h5-10,13-15,29H,4,11-12H2,1-3H3,(H,25,30)(H,26,27). The predicted octanol–water partition coefficient (Wildman–Crippen LogP) is 3.28. The van der Waals surface area contributed by atoms with E-state index >= 15 is 0 Å². The molecule has 0 fully saturated rings. The molecule has 0 aliphatic carbocycles. The second-order valence-electron chi connectivity index (χ2n) is 7.29. The summed E-state index contributed by atoms with van der Waals surface area (Å²) >= 11 is 0. The Morgan fingerprint density at radius 1 is 1.13 bits per heavy atom. The second kappa shape index (κ2) is 10.4. The van der Waals surface area contributed by atoms with Gasteiger partial charge in [-0.3, -0.25) is 9.78 Å². The fourth-order valence-electron chi connectivity index (χ4n) is 2.98. The molecule has 8 heteroatoms. The number of anilines is 2. The molecule has 0 aliphatic heterocycles. The van der Waals surface area contributed by atoms with Crippen molar-refractivity contribution in [2.75, 3.05) is 39.6 Å². The summed E-state index contributed by atoms with van der Waals surface area (Å²) in [7, 11) is 5.58. The molecule has 0 saturated carbocycles. The molecule has 0 saturated heterocycles. The number of nitrogens with zero attached hydrogens (tertiary/aromatic N) is 3. The Labute approximate surface area is 181 Å². The number of hydrogen-bond donors (Lipinski definition) is 3. The molecular weight excluding hydrogens is 394 g/mol. The van der Waals surface area contributed by atoms with Crippen molar-refractivity contribution in [3.05, 3.63) is 60.4 Å². The predicted molar refractivity (Wildman–Crippen MR) is 121 cm³/mol. The van der Waals surface area contributed by atoms with Crippen molar-refractivity contribution in [3.63, 3.8) is 0 Å². The van der Waals surface area contributed by atoms with E-state index in [1.54, 1.807) is 62.0 Å². The molecule has 0 unspecified atom stereocenters. The lowest BCUT2D eigenvalue weighted by Gasteiger charge is -2.14. The largest absolute Gasteiger partial charge is 0.508 e. The number of aromatic nitrogens is 2. The van der Waals surface area contributed by atoms with Gasteiger partial charge in [0.05, 0.1) is 30.9 Å². The highest BCUT2D eigenvalue weighted by Crippen LogP contribution is 2.29. The van der Waals surface area contributed by atoms with E-state index in [-0.39, 0.29) is 11.7 Å². The smallest absolute Gasteiger partial charge is 0.251 e. The first kappa shape index (κ1) is 22.0. The number of amides is 1. The number of nitrogens with one attached hydrogen (secondary N) is 2. The van der Waals surface area contributed by atoms with Crippen LogP contribution in [0.25, 0.3) is 11.3 Å². The maximum Gasteiger partial charge on any atom is 0.251 e. The van der Waals surface area contributed by atoms with Crippen molar-refractivity contribution >= 4 is 17.4 Å². The van der Waals surface area contributed by atoms with Crippen molar-refractivity contribution in [2.24, 2.45) is 0 Å². The van der Waals surface area contributed by atoms with E-state index in [1.807, 2.05) is 14.1 Å². The second-order valence-corrected chi connectivity index (χ2v) is 7.29. The Morgan fingerprint density at radius 2 is 1.90 bits per heavy atom. The summed E-state index contributed by atoms with van der Waals surface area (Å²) in [6.45, 7) is 1.51. The van der Waals surface area contributed by atoms with Gasteiger partial charge in [0.1, 0.15) is 17.3 Å². The van der Waals surface area contributed by atoms with E-state index in [4.69, 9.17) is 4.74 Å². The number of carbonyl (C=O) groups is 1. The third-order valence-corrected chi connectivity index (χ3v) is 4.59. The normalized spacial score (nSPS) is 10.7. The fourth-order valence-corrected chi connectivity index (χ4v) is 2.98. The monoisotopic (exact) mass is 421 g/mol. The van der Waals surface area contributed by atoms with Gasteiger partial charge in [-0.1, -0.05) is 0 Å². The minimum Gasteiger partial charge on any atom is -0.508 e. The van der Waals surface area contributed by atoms with E-state index in [1.165, 1.54) is 0 Å². The first-order valence-electron chi connectivity index (χ1n) is 9.95. The molecule has 2 aromatic carbocycles. The molecule has 8 nitrogen and oxygen atoms in total. The third-order valence-electron chi connectivity index (χ3n) is 4.59. The van der Waals surface area contributed by atoms with Crippen LogP contribution in [-0.4, -0.2) is 60.2 Å². The Kier molecular flexibility index (Phi) is 7.40. The summed E-state index contributed by atoms with van der Waals surface area (Å²) in [6, 6.07) is 11.9. The van der Waals surface area contributed by atoms with Crippen LogP contribution in [0.4, 0.5) is 11.5 Å². The van der Waals surface area contributed by atoms with Crippen molar-refractivity contribution < 1.29 is 14.6 Å². The van der Waals surface area contributed by atoms with Crippen LogP contribution in [0.2, 0.25) is 0 Å². The van der Waals surface area contributed by atoms with Crippen LogP contribution in [0.5, 0.6) is 11.5 Å². The molecule has 1 heterocycles. The highest BCUT2D eigenvalue weighted by Gasteiger charge is 2.12. The highest BCUT2D eigenvalue weighted by atomic mass is 16.5. The first-order chi connectivity index (χ1) is 15.0. The van der Waals surface area contributed by atoms with E-state index in [0.717, 1.165) is 18.5 Å². The van der Waals surface area contributed by atoms with Gasteiger partial charge in [0.15, 0.2) is 0 Å². The molecule has 3 aromatic rings. The number of ether oxygens (including phenoxy) is 1. The zero-order chi connectivity index (χ0) is 22.2. The van der Waals surface area contributed by atoms with Crippen LogP contribution < -0.4 is 15.4 Å². The van der Waals surface area contributed by atoms with Gasteiger partial charge in [-0.15, -0.1) is 0 Å². The highest BCUT2D eigenvalue weighted by molar-refractivity contribution is 5.95. The fraction of sp³-hybridized carbons (Fsp3) is 0.261. The van der Waals surface area contributed by atoms with Crippen LogP contribution in [-0.2, 0) is 0 Å². The molecule has 0 spiro atoms. The van der Waals surface area contributed by atoms with Gasteiger partial charge in [0.2, 0.25) is 0 Å². The average Bonchev–Trinajstić information content (AvgIpc) is 2.77. The van der Waals surface area contributed by atoms with Crippen molar-refractivity contribution in [3.8, 4) is 22.8 Å². The van der Waals surface area contributed by atoms with Crippen LogP contribution in [0, 0.1) is 0 Å². The molecule has 162 valence electrons. The average molecular weight is 422 g/mol. The van der Waals surface area contributed by atoms with Gasteiger partial charge in [-0.25, -0.2) is 4.98 Å². The lowest BCUT2D eigenvalue weighted by Crippen LogP contribution is -2.27. The van der Waals surface area contributed by atoms with Crippen molar-refractivity contribution in [1.29, 1.82) is 0 Å². The summed E-state index contributed by atoms with van der Waals surface area (Å²) < 4.78 is 5.43. The molecule has 0 atom stereocenters. The molecule has 0 bridgehead atoms. The van der Waals surface area contributed by atoms with Crippen molar-refractivity contribution in [2.45, 2.75) is 6.42 Å². The first-order valence-corrected chi connectivity index (χ1v) is 9.95. The van der Waals surface area contributed by atoms with E-state index in [2.05, 4.69) is 25.5 Å². The third kappa shape index (κ3) is 6.16. The Hall–Kier alpha value is -3.65. The number of methoxy groups -OCH3 is 1. The molecule has 3 N–H and O–H groups in total.